The lowest BCUT2D eigenvalue weighted by Gasteiger charge is -2.01. The minimum atomic E-state index is -2.98. The molecular formula is C8H12N2O2S. The van der Waals surface area contributed by atoms with Gasteiger partial charge in [-0.3, -0.25) is 4.98 Å². The predicted octanol–water partition coefficient (Wildman–Crippen LogP) is 0.598. The van der Waals surface area contributed by atoms with Crippen LogP contribution in [0.4, 0.5) is 5.69 Å². The number of nitrogens with two attached hydrogens (primary N) is 1. The molecule has 0 radical (unpaired) electrons. The highest BCUT2D eigenvalue weighted by Crippen LogP contribution is 2.08. The van der Waals surface area contributed by atoms with Gasteiger partial charge in [0.2, 0.25) is 0 Å². The molecule has 0 bridgehead atoms. The molecule has 0 atom stereocenters. The van der Waals surface area contributed by atoms with Gasteiger partial charge in [0.25, 0.3) is 0 Å². The Balaban J connectivity index is 2.87. The molecular weight excluding hydrogens is 188 g/mol. The summed E-state index contributed by atoms with van der Waals surface area (Å²) in [7, 11) is -2.98. The standard InChI is InChI=1S/C8H12N2O2S/c1-2-13(11,12)6-7-3-8(9)5-10-4-7/h3-5H,2,6,9H2,1H3. The highest BCUT2D eigenvalue weighted by molar-refractivity contribution is 7.90. The molecule has 1 heterocycles. The Morgan fingerprint density at radius 3 is 2.69 bits per heavy atom. The summed E-state index contributed by atoms with van der Waals surface area (Å²) in [5.74, 6) is 0.156. The van der Waals surface area contributed by atoms with Crippen LogP contribution in [0, 0.1) is 0 Å². The van der Waals surface area contributed by atoms with Gasteiger partial charge in [-0.25, -0.2) is 8.42 Å². The van der Waals surface area contributed by atoms with E-state index in [0.29, 0.717) is 11.3 Å². The fraction of sp³-hybridized carbons (Fsp3) is 0.375. The highest BCUT2D eigenvalue weighted by atomic mass is 32.2. The van der Waals surface area contributed by atoms with Gasteiger partial charge in [0.1, 0.15) is 0 Å². The van der Waals surface area contributed by atoms with Gasteiger partial charge < -0.3 is 5.73 Å². The van der Waals surface area contributed by atoms with Crippen LogP contribution in [0.25, 0.3) is 0 Å². The van der Waals surface area contributed by atoms with Crippen molar-refractivity contribution in [1.82, 2.24) is 4.98 Å². The first-order chi connectivity index (χ1) is 6.03. The first-order valence-corrected chi connectivity index (χ1v) is 5.75. The van der Waals surface area contributed by atoms with E-state index in [1.165, 1.54) is 12.4 Å². The number of rotatable bonds is 3. The molecule has 13 heavy (non-hydrogen) atoms. The normalized spacial score (nSPS) is 11.5. The van der Waals surface area contributed by atoms with Gasteiger partial charge in [0.15, 0.2) is 9.84 Å². The van der Waals surface area contributed by atoms with Gasteiger partial charge in [0.05, 0.1) is 11.4 Å². The average Bonchev–Trinajstić information content (AvgIpc) is 2.03. The molecule has 0 fully saturated rings. The molecule has 4 nitrogen and oxygen atoms in total. The summed E-state index contributed by atoms with van der Waals surface area (Å²) in [6.45, 7) is 1.62. The number of hydrogen-bond donors (Lipinski definition) is 1. The molecule has 0 aromatic carbocycles. The van der Waals surface area contributed by atoms with Crippen LogP contribution < -0.4 is 5.73 Å². The summed E-state index contributed by atoms with van der Waals surface area (Å²) in [5, 5.41) is 0. The Bertz CT molecular complexity index is 387. The van der Waals surface area contributed by atoms with Crippen molar-refractivity contribution in [2.45, 2.75) is 12.7 Å². The largest absolute Gasteiger partial charge is 0.397 e. The maximum absolute atomic E-state index is 11.2. The molecule has 0 aliphatic heterocycles. The third-order valence-corrected chi connectivity index (χ3v) is 3.30. The number of aromatic nitrogens is 1. The molecule has 1 rings (SSSR count). The molecule has 0 unspecified atom stereocenters. The van der Waals surface area contributed by atoms with E-state index in [0.717, 1.165) is 0 Å². The van der Waals surface area contributed by atoms with Gasteiger partial charge >= 0.3 is 0 Å². The summed E-state index contributed by atoms with van der Waals surface area (Å²) >= 11 is 0. The summed E-state index contributed by atoms with van der Waals surface area (Å²) in [6, 6.07) is 1.63. The van der Waals surface area contributed by atoms with Crippen molar-refractivity contribution in [2.75, 3.05) is 11.5 Å². The summed E-state index contributed by atoms with van der Waals surface area (Å²) < 4.78 is 22.4. The van der Waals surface area contributed by atoms with Gasteiger partial charge in [-0.1, -0.05) is 6.92 Å². The Labute approximate surface area is 77.7 Å². The second-order valence-corrected chi connectivity index (χ2v) is 5.16. The summed E-state index contributed by atoms with van der Waals surface area (Å²) in [6.07, 6.45) is 3.01. The number of hydrogen-bond acceptors (Lipinski definition) is 4. The lowest BCUT2D eigenvalue weighted by Crippen LogP contribution is -2.07. The van der Waals surface area contributed by atoms with Gasteiger partial charge in [-0.05, 0) is 11.6 Å². The fourth-order valence-electron chi connectivity index (χ4n) is 0.943. The van der Waals surface area contributed by atoms with Crippen LogP contribution in [0.3, 0.4) is 0 Å². The van der Waals surface area contributed by atoms with Gasteiger partial charge in [0, 0.05) is 18.1 Å². The van der Waals surface area contributed by atoms with Crippen molar-refractivity contribution in [1.29, 1.82) is 0 Å². The molecule has 0 amide bonds. The average molecular weight is 200 g/mol. The molecule has 5 heteroatoms. The van der Waals surface area contributed by atoms with E-state index in [1.54, 1.807) is 13.0 Å². The molecule has 1 aromatic heterocycles. The lowest BCUT2D eigenvalue weighted by molar-refractivity contribution is 0.596. The van der Waals surface area contributed by atoms with E-state index in [1.807, 2.05) is 0 Å². The van der Waals surface area contributed by atoms with Crippen LogP contribution >= 0.6 is 0 Å². The van der Waals surface area contributed by atoms with Crippen LogP contribution in [0.15, 0.2) is 18.5 Å². The van der Waals surface area contributed by atoms with Crippen LogP contribution in [0.1, 0.15) is 12.5 Å². The Kier molecular flexibility index (Phi) is 2.87. The number of nitrogens with zero attached hydrogens (tertiary/aromatic N) is 1. The van der Waals surface area contributed by atoms with Crippen LogP contribution in [-0.2, 0) is 15.6 Å². The first-order valence-electron chi connectivity index (χ1n) is 3.93. The monoisotopic (exact) mass is 200 g/mol. The van der Waals surface area contributed by atoms with E-state index < -0.39 is 9.84 Å². The molecule has 1 aromatic rings. The minimum Gasteiger partial charge on any atom is -0.397 e. The quantitative estimate of drug-likeness (QED) is 0.775. The van der Waals surface area contributed by atoms with E-state index in [4.69, 9.17) is 5.73 Å². The molecule has 0 spiro atoms. The Morgan fingerprint density at radius 1 is 1.46 bits per heavy atom. The van der Waals surface area contributed by atoms with E-state index in [-0.39, 0.29) is 11.5 Å². The SMILES string of the molecule is CCS(=O)(=O)Cc1cncc(N)c1. The second-order valence-electron chi connectivity index (χ2n) is 2.80. The van der Waals surface area contributed by atoms with Crippen LogP contribution in [-0.4, -0.2) is 19.2 Å². The number of nitrogen functional groups attached to an aromatic ring is 1. The smallest absolute Gasteiger partial charge is 0.154 e. The van der Waals surface area contributed by atoms with Crippen molar-refractivity contribution in [2.24, 2.45) is 0 Å². The van der Waals surface area contributed by atoms with Gasteiger partial charge in [-0.2, -0.15) is 0 Å². The zero-order chi connectivity index (χ0) is 9.90. The lowest BCUT2D eigenvalue weighted by atomic mass is 10.3. The minimum absolute atomic E-state index is 0.0154. The van der Waals surface area contributed by atoms with Crippen molar-refractivity contribution >= 4 is 15.5 Å². The Morgan fingerprint density at radius 2 is 2.15 bits per heavy atom. The summed E-state index contributed by atoms with van der Waals surface area (Å²) in [5.41, 5.74) is 6.59. The predicted molar refractivity (Wildman–Crippen MR) is 51.8 cm³/mol. The highest BCUT2D eigenvalue weighted by Gasteiger charge is 2.08. The third-order valence-electron chi connectivity index (χ3n) is 1.64. The Hall–Kier alpha value is -1.10. The maximum atomic E-state index is 11.2. The number of pyridine rings is 1. The first kappa shape index (κ1) is 9.98. The molecule has 2 N–H and O–H groups in total. The maximum Gasteiger partial charge on any atom is 0.154 e. The topological polar surface area (TPSA) is 73.0 Å². The fourth-order valence-corrected chi connectivity index (χ4v) is 1.81. The number of anilines is 1. The van der Waals surface area contributed by atoms with Crippen LogP contribution in [0.5, 0.6) is 0 Å². The zero-order valence-corrected chi connectivity index (χ0v) is 8.21. The van der Waals surface area contributed by atoms with E-state index in [9.17, 15) is 8.42 Å². The van der Waals surface area contributed by atoms with Crippen LogP contribution in [0.2, 0.25) is 0 Å². The molecule has 0 saturated heterocycles. The van der Waals surface area contributed by atoms with Gasteiger partial charge in [-0.15, -0.1) is 0 Å². The summed E-state index contributed by atoms with van der Waals surface area (Å²) in [4.78, 5) is 3.81. The second kappa shape index (κ2) is 3.74. The van der Waals surface area contributed by atoms with E-state index in [2.05, 4.69) is 4.98 Å². The molecule has 0 saturated carbocycles. The zero-order valence-electron chi connectivity index (χ0n) is 7.40. The van der Waals surface area contributed by atoms with Crippen molar-refractivity contribution in [3.8, 4) is 0 Å². The molecule has 0 aliphatic carbocycles. The molecule has 72 valence electrons. The number of sulfone groups is 1. The van der Waals surface area contributed by atoms with Crippen molar-refractivity contribution < 1.29 is 8.42 Å². The van der Waals surface area contributed by atoms with Crippen molar-refractivity contribution in [3.63, 3.8) is 0 Å². The molecule has 0 aliphatic rings. The van der Waals surface area contributed by atoms with E-state index >= 15 is 0 Å². The third kappa shape index (κ3) is 3.02. The van der Waals surface area contributed by atoms with Crippen molar-refractivity contribution in [3.05, 3.63) is 24.0 Å².